The quantitative estimate of drug-likeness (QED) is 0.0444. The van der Waals surface area contributed by atoms with Crippen molar-refractivity contribution in [3.8, 4) is 0 Å². The van der Waals surface area contributed by atoms with E-state index in [0.717, 1.165) is 0 Å². The molecule has 0 spiro atoms. The van der Waals surface area contributed by atoms with E-state index in [1.54, 1.807) is 13.8 Å². The molecule has 0 heterocycles. The fourth-order valence-corrected chi connectivity index (χ4v) is 3.09. The highest BCUT2D eigenvalue weighted by Crippen LogP contribution is 2.06. The molecule has 196 valence electrons. The van der Waals surface area contributed by atoms with Crippen LogP contribution in [0.4, 0.5) is 0 Å². The monoisotopic (exact) mass is 504 g/mol. The number of nitrogens with zero attached hydrogens (tertiary/aromatic N) is 1. The van der Waals surface area contributed by atoms with Crippen molar-refractivity contribution in [3.05, 3.63) is 0 Å². The third-order valence-electron chi connectivity index (χ3n) is 4.98. The fourth-order valence-electron chi connectivity index (χ4n) is 2.83. The van der Waals surface area contributed by atoms with E-state index in [4.69, 9.17) is 22.9 Å². The summed E-state index contributed by atoms with van der Waals surface area (Å²) in [4.78, 5) is 53.3. The van der Waals surface area contributed by atoms with Gasteiger partial charge < -0.3 is 44.0 Å². The Hall–Kier alpha value is -2.58. The standard InChI is InChI=1S/C20H40N8O5S/c1-11(2)15(22)18(31)28-14(10-34)17(30)26-12(7-5-9-25-20(23)24)16(29)27-13(19(32)33)6-3-4-8-21/h11-15,34H,3-10,21-22H2,1-2H3,(H,26,30)(H,27,29)(H,28,31)(H,32,33)(H4,23,24,25). The second kappa shape index (κ2) is 16.9. The lowest BCUT2D eigenvalue weighted by Gasteiger charge is -2.25. The Bertz CT molecular complexity index is 702. The van der Waals surface area contributed by atoms with E-state index < -0.39 is 47.9 Å². The molecule has 0 saturated carbocycles. The highest BCUT2D eigenvalue weighted by Gasteiger charge is 2.30. The van der Waals surface area contributed by atoms with Crippen LogP contribution < -0.4 is 38.9 Å². The first kappa shape index (κ1) is 31.4. The molecule has 0 aromatic heterocycles. The minimum Gasteiger partial charge on any atom is -0.480 e. The van der Waals surface area contributed by atoms with Crippen LogP contribution >= 0.6 is 12.6 Å². The first-order valence-corrected chi connectivity index (χ1v) is 11.8. The number of carbonyl (C=O) groups is 4. The molecule has 0 aliphatic rings. The molecule has 0 bridgehead atoms. The van der Waals surface area contributed by atoms with E-state index in [1.165, 1.54) is 0 Å². The minimum atomic E-state index is -1.20. The first-order valence-electron chi connectivity index (χ1n) is 11.2. The van der Waals surface area contributed by atoms with Gasteiger partial charge in [-0.05, 0) is 44.6 Å². The molecule has 0 radical (unpaired) electrons. The Balaban J connectivity index is 5.38. The van der Waals surface area contributed by atoms with Crippen LogP contribution in [-0.4, -0.2) is 77.8 Å². The molecule has 0 saturated heterocycles. The van der Waals surface area contributed by atoms with E-state index >= 15 is 0 Å². The van der Waals surface area contributed by atoms with Crippen molar-refractivity contribution in [2.24, 2.45) is 33.8 Å². The van der Waals surface area contributed by atoms with Gasteiger partial charge in [0.2, 0.25) is 17.7 Å². The number of hydrogen-bond donors (Lipinski definition) is 9. The number of nitrogens with two attached hydrogens (primary N) is 4. The van der Waals surface area contributed by atoms with E-state index in [-0.39, 0.29) is 37.0 Å². The zero-order chi connectivity index (χ0) is 26.3. The molecule has 0 aliphatic carbocycles. The van der Waals surface area contributed by atoms with Gasteiger partial charge in [0.15, 0.2) is 5.96 Å². The van der Waals surface area contributed by atoms with E-state index in [0.29, 0.717) is 25.8 Å². The van der Waals surface area contributed by atoms with Gasteiger partial charge in [-0.15, -0.1) is 0 Å². The number of guanidine groups is 1. The van der Waals surface area contributed by atoms with E-state index in [2.05, 4.69) is 33.6 Å². The maximum atomic E-state index is 12.9. The van der Waals surface area contributed by atoms with Crippen LogP contribution in [0.15, 0.2) is 4.99 Å². The van der Waals surface area contributed by atoms with Crippen molar-refractivity contribution in [1.82, 2.24) is 16.0 Å². The molecule has 4 atom stereocenters. The Kier molecular flexibility index (Phi) is 15.7. The van der Waals surface area contributed by atoms with Crippen LogP contribution in [0.5, 0.6) is 0 Å². The van der Waals surface area contributed by atoms with Gasteiger partial charge in [0, 0.05) is 12.3 Å². The average molecular weight is 505 g/mol. The van der Waals surface area contributed by atoms with Crippen molar-refractivity contribution in [2.75, 3.05) is 18.8 Å². The summed E-state index contributed by atoms with van der Waals surface area (Å²) in [5.74, 6) is -3.36. The van der Waals surface area contributed by atoms with Gasteiger partial charge in [-0.2, -0.15) is 12.6 Å². The maximum absolute atomic E-state index is 12.9. The third-order valence-corrected chi connectivity index (χ3v) is 5.34. The minimum absolute atomic E-state index is 0.0401. The molecule has 34 heavy (non-hydrogen) atoms. The van der Waals surface area contributed by atoms with Crippen LogP contribution in [0.3, 0.4) is 0 Å². The number of amides is 3. The number of carboxylic acids is 1. The predicted molar refractivity (Wildman–Crippen MR) is 133 cm³/mol. The molecule has 3 amide bonds. The number of rotatable bonds is 17. The van der Waals surface area contributed by atoms with Gasteiger partial charge in [-0.1, -0.05) is 13.8 Å². The molecule has 12 N–H and O–H groups in total. The molecule has 4 unspecified atom stereocenters. The lowest BCUT2D eigenvalue weighted by atomic mass is 10.0. The highest BCUT2D eigenvalue weighted by atomic mass is 32.1. The summed E-state index contributed by atoms with van der Waals surface area (Å²) in [6.45, 7) is 4.14. The van der Waals surface area contributed by atoms with Gasteiger partial charge in [-0.25, -0.2) is 4.79 Å². The second-order valence-corrected chi connectivity index (χ2v) is 8.57. The number of nitrogens with one attached hydrogen (secondary N) is 3. The molecule has 14 heteroatoms. The SMILES string of the molecule is CC(C)C(N)C(=O)NC(CS)C(=O)NC(CCCN=C(N)N)C(=O)NC(CCCCN)C(=O)O. The summed E-state index contributed by atoms with van der Waals surface area (Å²) in [5.41, 5.74) is 21.9. The molecule has 0 aromatic rings. The summed E-state index contributed by atoms with van der Waals surface area (Å²) in [6.07, 6.45) is 1.77. The summed E-state index contributed by atoms with van der Waals surface area (Å²) in [7, 11) is 0. The van der Waals surface area contributed by atoms with Crippen LogP contribution in [0.1, 0.15) is 46.0 Å². The Morgan fingerprint density at radius 1 is 0.882 bits per heavy atom. The molecule has 0 rings (SSSR count). The number of aliphatic imine (C=N–C) groups is 1. The van der Waals surface area contributed by atoms with Crippen molar-refractivity contribution in [2.45, 2.75) is 70.1 Å². The topological polar surface area (TPSA) is 241 Å². The summed E-state index contributed by atoms with van der Waals surface area (Å²) >= 11 is 4.11. The lowest BCUT2D eigenvalue weighted by molar-refractivity contribution is -0.142. The van der Waals surface area contributed by atoms with Crippen molar-refractivity contribution < 1.29 is 24.3 Å². The number of hydrogen-bond acceptors (Lipinski definition) is 8. The van der Waals surface area contributed by atoms with Gasteiger partial charge >= 0.3 is 5.97 Å². The second-order valence-electron chi connectivity index (χ2n) is 8.21. The van der Waals surface area contributed by atoms with Crippen molar-refractivity contribution in [1.29, 1.82) is 0 Å². The van der Waals surface area contributed by atoms with Crippen LogP contribution in [-0.2, 0) is 19.2 Å². The third kappa shape index (κ3) is 12.6. The normalized spacial score (nSPS) is 14.4. The average Bonchev–Trinajstić information content (AvgIpc) is 2.77. The van der Waals surface area contributed by atoms with Crippen molar-refractivity contribution >= 4 is 42.3 Å². The zero-order valence-corrected chi connectivity index (χ0v) is 20.7. The predicted octanol–water partition coefficient (Wildman–Crippen LogP) is -2.38. The Labute approximate surface area is 205 Å². The van der Waals surface area contributed by atoms with Crippen LogP contribution in [0, 0.1) is 5.92 Å². The summed E-state index contributed by atoms with van der Waals surface area (Å²) < 4.78 is 0. The fraction of sp³-hybridized carbons (Fsp3) is 0.750. The number of unbranched alkanes of at least 4 members (excludes halogenated alkanes) is 1. The van der Waals surface area contributed by atoms with Crippen LogP contribution in [0.2, 0.25) is 0 Å². The van der Waals surface area contributed by atoms with Gasteiger partial charge in [0.25, 0.3) is 0 Å². The summed E-state index contributed by atoms with van der Waals surface area (Å²) in [6, 6.07) is -4.09. The molecule has 0 aliphatic heterocycles. The van der Waals surface area contributed by atoms with Gasteiger partial charge in [0.05, 0.1) is 6.04 Å². The van der Waals surface area contributed by atoms with Gasteiger partial charge in [0.1, 0.15) is 18.1 Å². The molecular weight excluding hydrogens is 464 g/mol. The maximum Gasteiger partial charge on any atom is 0.326 e. The number of carbonyl (C=O) groups excluding carboxylic acids is 3. The smallest absolute Gasteiger partial charge is 0.326 e. The van der Waals surface area contributed by atoms with E-state index in [9.17, 15) is 24.3 Å². The molecule has 13 nitrogen and oxygen atoms in total. The zero-order valence-electron chi connectivity index (χ0n) is 19.8. The van der Waals surface area contributed by atoms with E-state index in [1.807, 2.05) is 0 Å². The molecule has 0 aromatic carbocycles. The first-order chi connectivity index (χ1) is 15.9. The Morgan fingerprint density at radius 2 is 1.41 bits per heavy atom. The summed E-state index contributed by atoms with van der Waals surface area (Å²) in [5, 5.41) is 17.0. The highest BCUT2D eigenvalue weighted by molar-refractivity contribution is 7.80. The number of carboxylic acid groups (broad SMARTS) is 1. The lowest BCUT2D eigenvalue weighted by Crippen LogP contribution is -2.58. The molecule has 0 fully saturated rings. The van der Waals surface area contributed by atoms with Gasteiger partial charge in [-0.3, -0.25) is 19.4 Å². The Morgan fingerprint density at radius 3 is 1.91 bits per heavy atom. The molecular formula is C20H40N8O5S. The van der Waals surface area contributed by atoms with Crippen LogP contribution in [0.25, 0.3) is 0 Å². The van der Waals surface area contributed by atoms with Crippen molar-refractivity contribution in [3.63, 3.8) is 0 Å². The number of aliphatic carboxylic acids is 1. The number of thiol groups is 1. The largest absolute Gasteiger partial charge is 0.480 e.